The van der Waals surface area contributed by atoms with Gasteiger partial charge in [0.25, 0.3) is 0 Å². The van der Waals surface area contributed by atoms with Gasteiger partial charge in [-0.2, -0.15) is 0 Å². The second-order valence-corrected chi connectivity index (χ2v) is 7.43. The third-order valence-corrected chi connectivity index (χ3v) is 5.70. The molecular formula is C23H19N3OS. The van der Waals surface area contributed by atoms with Gasteiger partial charge in [-0.1, -0.05) is 36.4 Å². The highest BCUT2D eigenvalue weighted by Crippen LogP contribution is 2.23. The molecule has 2 aromatic carbocycles. The first-order chi connectivity index (χ1) is 13.9. The summed E-state index contributed by atoms with van der Waals surface area (Å²) in [5, 5.41) is 3.40. The van der Waals surface area contributed by atoms with Crippen LogP contribution in [0.5, 0.6) is 0 Å². The van der Waals surface area contributed by atoms with Gasteiger partial charge in [-0.15, -0.1) is 11.3 Å². The zero-order valence-electron chi connectivity index (χ0n) is 15.2. The van der Waals surface area contributed by atoms with Gasteiger partial charge in [0.2, 0.25) is 0 Å². The third-order valence-electron chi connectivity index (χ3n) is 4.83. The predicted octanol–water partition coefficient (Wildman–Crippen LogP) is 5.77. The maximum atomic E-state index is 5.67. The first-order valence-electron chi connectivity index (χ1n) is 9.25. The van der Waals surface area contributed by atoms with Crippen LogP contribution in [0.15, 0.2) is 94.0 Å². The van der Waals surface area contributed by atoms with Crippen LogP contribution in [0.3, 0.4) is 0 Å². The first kappa shape index (κ1) is 16.8. The number of nitrogens with one attached hydrogen (secondary N) is 1. The van der Waals surface area contributed by atoms with Gasteiger partial charge < -0.3 is 14.0 Å². The highest BCUT2D eigenvalue weighted by Gasteiger charge is 2.12. The number of aromatic amines is 1. The molecule has 138 valence electrons. The number of aromatic nitrogens is 2. The van der Waals surface area contributed by atoms with Gasteiger partial charge in [0.15, 0.2) is 10.6 Å². The van der Waals surface area contributed by atoms with E-state index < -0.39 is 0 Å². The lowest BCUT2D eigenvalue weighted by molar-refractivity contribution is 0.569. The smallest absolute Gasteiger partial charge is 0.190 e. The van der Waals surface area contributed by atoms with E-state index in [4.69, 9.17) is 9.41 Å². The molecule has 0 spiro atoms. The summed E-state index contributed by atoms with van der Waals surface area (Å²) in [5.74, 6) is 0.865. The Morgan fingerprint density at radius 1 is 0.964 bits per heavy atom. The number of thiazole rings is 1. The van der Waals surface area contributed by atoms with Crippen LogP contribution in [0.2, 0.25) is 0 Å². The number of para-hydroxylation sites is 2. The molecule has 5 rings (SSSR count). The summed E-state index contributed by atoms with van der Waals surface area (Å²) in [6.45, 7) is 0.826. The van der Waals surface area contributed by atoms with Crippen LogP contribution in [-0.2, 0) is 13.0 Å². The molecule has 1 N–H and O–H groups in total. The Hall–Kier alpha value is -3.31. The van der Waals surface area contributed by atoms with Crippen LogP contribution in [0.1, 0.15) is 5.56 Å². The zero-order chi connectivity index (χ0) is 18.8. The first-order valence-corrected chi connectivity index (χ1v) is 10.1. The third kappa shape index (κ3) is 3.21. The van der Waals surface area contributed by atoms with Crippen LogP contribution in [0.4, 0.5) is 5.69 Å². The molecule has 5 aromatic rings. The summed E-state index contributed by atoms with van der Waals surface area (Å²) in [6.07, 6.45) is 4.74. The van der Waals surface area contributed by atoms with Gasteiger partial charge in [0.05, 0.1) is 17.6 Å². The molecule has 0 bridgehead atoms. The molecule has 28 heavy (non-hydrogen) atoms. The van der Waals surface area contributed by atoms with Crippen molar-refractivity contribution in [3.63, 3.8) is 0 Å². The van der Waals surface area contributed by atoms with E-state index in [-0.39, 0.29) is 0 Å². The number of fused-ring (bicyclic) bond motifs is 1. The molecule has 3 aromatic heterocycles. The summed E-state index contributed by atoms with van der Waals surface area (Å²) in [7, 11) is 0. The zero-order valence-corrected chi connectivity index (χ0v) is 16.0. The van der Waals surface area contributed by atoms with Crippen LogP contribution in [0.25, 0.3) is 22.4 Å². The highest BCUT2D eigenvalue weighted by molar-refractivity contribution is 7.07. The van der Waals surface area contributed by atoms with E-state index in [2.05, 4.69) is 45.4 Å². The Morgan fingerprint density at radius 2 is 1.82 bits per heavy atom. The average Bonchev–Trinajstić information content (AvgIpc) is 3.47. The molecule has 5 heteroatoms. The van der Waals surface area contributed by atoms with Crippen molar-refractivity contribution in [3.05, 3.63) is 94.9 Å². The van der Waals surface area contributed by atoms with Crippen molar-refractivity contribution < 1.29 is 4.42 Å². The lowest BCUT2D eigenvalue weighted by Crippen LogP contribution is -2.17. The van der Waals surface area contributed by atoms with E-state index in [1.54, 1.807) is 17.6 Å². The summed E-state index contributed by atoms with van der Waals surface area (Å²) in [6, 6.07) is 22.4. The van der Waals surface area contributed by atoms with E-state index in [0.717, 1.165) is 34.9 Å². The summed E-state index contributed by atoms with van der Waals surface area (Å²) < 4.78 is 7.92. The van der Waals surface area contributed by atoms with Gasteiger partial charge >= 0.3 is 0 Å². The number of nitrogens with zero attached hydrogens (tertiary/aromatic N) is 2. The summed E-state index contributed by atoms with van der Waals surface area (Å²) in [4.78, 5) is 9.20. The predicted molar refractivity (Wildman–Crippen MR) is 114 cm³/mol. The van der Waals surface area contributed by atoms with Crippen molar-refractivity contribution in [2.45, 2.75) is 13.0 Å². The fourth-order valence-corrected chi connectivity index (χ4v) is 4.38. The standard InChI is InChI=1S/C23H19N3OS/c1-2-7-18(8-3-1)25-23-26(21(16-28-23)22-11-6-14-27-22)13-12-17-15-24-20-10-5-4-9-19(17)20/h1-11,14-16,24H,12-13H2. The molecule has 0 atom stereocenters. The lowest BCUT2D eigenvalue weighted by Gasteiger charge is -2.07. The summed E-state index contributed by atoms with van der Waals surface area (Å²) >= 11 is 1.64. The average molecular weight is 385 g/mol. The second-order valence-electron chi connectivity index (χ2n) is 6.59. The lowest BCUT2D eigenvalue weighted by atomic mass is 10.1. The monoisotopic (exact) mass is 385 g/mol. The summed E-state index contributed by atoms with van der Waals surface area (Å²) in [5.41, 5.74) is 4.50. The van der Waals surface area contributed by atoms with E-state index in [0.29, 0.717) is 0 Å². The van der Waals surface area contributed by atoms with Crippen LogP contribution < -0.4 is 4.80 Å². The Morgan fingerprint density at radius 3 is 2.68 bits per heavy atom. The van der Waals surface area contributed by atoms with Gasteiger partial charge in [-0.25, -0.2) is 4.99 Å². The maximum absolute atomic E-state index is 5.67. The van der Waals surface area contributed by atoms with Gasteiger partial charge in [-0.3, -0.25) is 0 Å². The van der Waals surface area contributed by atoms with E-state index in [1.165, 1.54) is 16.5 Å². The maximum Gasteiger partial charge on any atom is 0.190 e. The molecular weight excluding hydrogens is 366 g/mol. The minimum atomic E-state index is 0.826. The van der Waals surface area contributed by atoms with Crippen LogP contribution >= 0.6 is 11.3 Å². The minimum Gasteiger partial charge on any atom is -0.463 e. The topological polar surface area (TPSA) is 46.2 Å². The van der Waals surface area contributed by atoms with Crippen molar-refractivity contribution in [2.75, 3.05) is 0 Å². The van der Waals surface area contributed by atoms with Gasteiger partial charge in [0.1, 0.15) is 0 Å². The van der Waals surface area contributed by atoms with Gasteiger partial charge in [-0.05, 0) is 42.3 Å². The number of benzene rings is 2. The number of furan rings is 1. The molecule has 4 nitrogen and oxygen atoms in total. The second kappa shape index (κ2) is 7.37. The molecule has 3 heterocycles. The number of aryl methyl sites for hydroxylation is 1. The molecule has 0 aliphatic heterocycles. The van der Waals surface area contributed by atoms with E-state index in [1.807, 2.05) is 42.5 Å². The van der Waals surface area contributed by atoms with Crippen molar-refractivity contribution >= 4 is 27.9 Å². The Kier molecular flexibility index (Phi) is 4.43. The quantitative estimate of drug-likeness (QED) is 0.410. The van der Waals surface area contributed by atoms with Crippen molar-refractivity contribution in [2.24, 2.45) is 4.99 Å². The van der Waals surface area contributed by atoms with Crippen molar-refractivity contribution in [3.8, 4) is 11.5 Å². The van der Waals surface area contributed by atoms with E-state index in [9.17, 15) is 0 Å². The number of rotatable bonds is 5. The number of hydrogen-bond donors (Lipinski definition) is 1. The normalized spacial score (nSPS) is 12.1. The number of hydrogen-bond acceptors (Lipinski definition) is 3. The molecule has 0 amide bonds. The van der Waals surface area contributed by atoms with Crippen molar-refractivity contribution in [1.29, 1.82) is 0 Å². The Bertz CT molecular complexity index is 1260. The fraction of sp³-hybridized carbons (Fsp3) is 0.0870. The van der Waals surface area contributed by atoms with Crippen LogP contribution in [0, 0.1) is 0 Å². The molecule has 0 saturated carbocycles. The largest absolute Gasteiger partial charge is 0.463 e. The number of H-pyrrole nitrogens is 1. The SMILES string of the molecule is c1ccc(N=c2scc(-c3ccco3)n2CCc2c[nH]c3ccccc23)cc1. The van der Waals surface area contributed by atoms with Crippen LogP contribution in [-0.4, -0.2) is 9.55 Å². The fourth-order valence-electron chi connectivity index (χ4n) is 3.44. The van der Waals surface area contributed by atoms with Crippen molar-refractivity contribution in [1.82, 2.24) is 9.55 Å². The molecule has 0 unspecified atom stereocenters. The highest BCUT2D eigenvalue weighted by atomic mass is 32.1. The van der Waals surface area contributed by atoms with E-state index >= 15 is 0 Å². The molecule has 0 saturated heterocycles. The minimum absolute atomic E-state index is 0.826. The Labute approximate surface area is 166 Å². The molecule has 0 aliphatic carbocycles. The molecule has 0 radical (unpaired) electrons. The molecule has 0 aliphatic rings. The Balaban J connectivity index is 1.55. The van der Waals surface area contributed by atoms with Gasteiger partial charge in [0, 0.05) is 29.0 Å². The molecule has 0 fully saturated rings.